The number of amides is 2. The summed E-state index contributed by atoms with van der Waals surface area (Å²) >= 11 is 0. The van der Waals surface area contributed by atoms with Crippen LogP contribution in [0.15, 0.2) is 0 Å². The van der Waals surface area contributed by atoms with Crippen LogP contribution < -0.4 is 5.32 Å². The van der Waals surface area contributed by atoms with Crippen molar-refractivity contribution in [3.8, 4) is 0 Å². The van der Waals surface area contributed by atoms with E-state index < -0.39 is 0 Å². The lowest BCUT2D eigenvalue weighted by Gasteiger charge is -2.47. The van der Waals surface area contributed by atoms with E-state index in [-0.39, 0.29) is 12.1 Å². The van der Waals surface area contributed by atoms with Gasteiger partial charge in [0.15, 0.2) is 0 Å². The summed E-state index contributed by atoms with van der Waals surface area (Å²) in [7, 11) is 0. The zero-order chi connectivity index (χ0) is 9.42. The highest BCUT2D eigenvalue weighted by atomic mass is 16.2. The summed E-state index contributed by atoms with van der Waals surface area (Å²) in [5.74, 6) is 1.60. The first-order valence-electron chi connectivity index (χ1n) is 5.20. The first-order valence-corrected chi connectivity index (χ1v) is 5.20. The number of rotatable bonds is 1. The van der Waals surface area contributed by atoms with Crippen LogP contribution in [0.5, 0.6) is 0 Å². The zero-order valence-electron chi connectivity index (χ0n) is 8.42. The summed E-state index contributed by atoms with van der Waals surface area (Å²) in [6, 6.07) is 0.384. The van der Waals surface area contributed by atoms with Crippen molar-refractivity contribution in [1.29, 1.82) is 0 Å². The van der Waals surface area contributed by atoms with Crippen LogP contribution in [0.3, 0.4) is 0 Å². The first kappa shape index (κ1) is 8.85. The van der Waals surface area contributed by atoms with Gasteiger partial charge in [0.25, 0.3) is 0 Å². The van der Waals surface area contributed by atoms with Crippen LogP contribution in [0, 0.1) is 11.8 Å². The Kier molecular flexibility index (Phi) is 2.18. The summed E-state index contributed by atoms with van der Waals surface area (Å²) < 4.78 is 0. The Balaban J connectivity index is 1.84. The largest absolute Gasteiger partial charge is 0.336 e. The molecule has 2 bridgehead atoms. The van der Waals surface area contributed by atoms with Crippen LogP contribution in [0.2, 0.25) is 0 Å². The van der Waals surface area contributed by atoms with Crippen LogP contribution in [0.25, 0.3) is 0 Å². The molecule has 3 fully saturated rings. The third-order valence-electron chi connectivity index (χ3n) is 2.99. The van der Waals surface area contributed by atoms with Gasteiger partial charge in [0.1, 0.15) is 0 Å². The predicted molar refractivity (Wildman–Crippen MR) is 51.5 cm³/mol. The van der Waals surface area contributed by atoms with Gasteiger partial charge in [-0.15, -0.1) is 0 Å². The number of nitrogens with one attached hydrogen (secondary N) is 1. The molecule has 0 unspecified atom stereocenters. The summed E-state index contributed by atoms with van der Waals surface area (Å²) in [5, 5.41) is 2.94. The molecule has 74 valence electrons. The van der Waals surface area contributed by atoms with Crippen molar-refractivity contribution in [2.75, 3.05) is 13.1 Å². The molecule has 0 atom stereocenters. The number of hydrogen-bond donors (Lipinski definition) is 1. The Morgan fingerprint density at radius 3 is 2.31 bits per heavy atom. The van der Waals surface area contributed by atoms with Crippen molar-refractivity contribution >= 4 is 6.03 Å². The molecule has 1 saturated carbocycles. The number of carbonyl (C=O) groups excluding carboxylic acids is 1. The molecule has 0 spiro atoms. The minimum absolute atomic E-state index is 0.129. The zero-order valence-corrected chi connectivity index (χ0v) is 8.42. The van der Waals surface area contributed by atoms with E-state index in [4.69, 9.17) is 0 Å². The number of hydrogen-bond acceptors (Lipinski definition) is 1. The van der Waals surface area contributed by atoms with Gasteiger partial charge in [0, 0.05) is 19.1 Å². The Labute approximate surface area is 79.5 Å². The highest BCUT2D eigenvalue weighted by Gasteiger charge is 2.38. The Morgan fingerprint density at radius 1 is 1.31 bits per heavy atom. The molecule has 0 aromatic carbocycles. The minimum atomic E-state index is 0.129. The monoisotopic (exact) mass is 182 g/mol. The second-order valence-electron chi connectivity index (χ2n) is 4.71. The number of urea groups is 1. The van der Waals surface area contributed by atoms with Crippen molar-refractivity contribution in [2.45, 2.75) is 32.7 Å². The van der Waals surface area contributed by atoms with Crippen molar-refractivity contribution in [1.82, 2.24) is 10.2 Å². The van der Waals surface area contributed by atoms with Crippen LogP contribution in [0.4, 0.5) is 4.79 Å². The average molecular weight is 182 g/mol. The lowest BCUT2D eigenvalue weighted by Crippen LogP contribution is -2.54. The fourth-order valence-corrected chi connectivity index (χ4v) is 2.37. The Hall–Kier alpha value is -0.730. The predicted octanol–water partition coefficient (Wildman–Crippen LogP) is 1.45. The standard InChI is InChI=1S/C10H18N2O/c1-7(2)11-10(13)12-5-8-3-9(4-8)6-12/h7-9H,3-6H2,1-2H3,(H,11,13). The molecule has 0 aromatic rings. The van der Waals surface area contributed by atoms with Crippen molar-refractivity contribution in [2.24, 2.45) is 11.8 Å². The van der Waals surface area contributed by atoms with Gasteiger partial charge in [0.2, 0.25) is 0 Å². The van der Waals surface area contributed by atoms with Gasteiger partial charge >= 0.3 is 6.03 Å². The van der Waals surface area contributed by atoms with E-state index in [2.05, 4.69) is 5.32 Å². The molecule has 0 aromatic heterocycles. The topological polar surface area (TPSA) is 32.3 Å². The molecule has 3 nitrogen and oxygen atoms in total. The second kappa shape index (κ2) is 3.20. The van der Waals surface area contributed by atoms with E-state index in [1.165, 1.54) is 12.8 Å². The molecule has 2 heterocycles. The molecule has 0 radical (unpaired) electrons. The maximum Gasteiger partial charge on any atom is 0.317 e. The average Bonchev–Trinajstić information content (AvgIpc) is 2.02. The van der Waals surface area contributed by atoms with E-state index in [0.717, 1.165) is 24.9 Å². The number of fused-ring (bicyclic) bond motifs is 2. The molecular formula is C10H18N2O. The van der Waals surface area contributed by atoms with Gasteiger partial charge in [-0.05, 0) is 38.5 Å². The highest BCUT2D eigenvalue weighted by molar-refractivity contribution is 5.74. The lowest BCUT2D eigenvalue weighted by atomic mass is 9.71. The smallest absolute Gasteiger partial charge is 0.317 e. The molecule has 2 amide bonds. The molecule has 2 saturated heterocycles. The molecule has 3 rings (SSSR count). The van der Waals surface area contributed by atoms with Crippen LogP contribution in [-0.4, -0.2) is 30.1 Å². The third kappa shape index (κ3) is 1.79. The highest BCUT2D eigenvalue weighted by Crippen LogP contribution is 2.39. The van der Waals surface area contributed by atoms with E-state index in [0.29, 0.717) is 0 Å². The Morgan fingerprint density at radius 2 is 1.85 bits per heavy atom. The van der Waals surface area contributed by atoms with Crippen LogP contribution in [-0.2, 0) is 0 Å². The maximum atomic E-state index is 11.6. The molecular weight excluding hydrogens is 164 g/mol. The SMILES string of the molecule is CC(C)NC(=O)N1CC2CC(C2)C1. The van der Waals surface area contributed by atoms with E-state index in [9.17, 15) is 4.79 Å². The van der Waals surface area contributed by atoms with Gasteiger partial charge in [-0.25, -0.2) is 4.79 Å². The van der Waals surface area contributed by atoms with Gasteiger partial charge in [0.05, 0.1) is 0 Å². The minimum Gasteiger partial charge on any atom is -0.336 e. The molecule has 1 N–H and O–H groups in total. The number of piperidine rings is 2. The summed E-state index contributed by atoms with van der Waals surface area (Å²) in [6.45, 7) is 5.97. The van der Waals surface area contributed by atoms with E-state index in [1.54, 1.807) is 0 Å². The third-order valence-corrected chi connectivity index (χ3v) is 2.99. The van der Waals surface area contributed by atoms with E-state index >= 15 is 0 Å². The molecule has 2 aliphatic heterocycles. The number of nitrogens with zero attached hydrogens (tertiary/aromatic N) is 1. The van der Waals surface area contributed by atoms with Gasteiger partial charge in [-0.1, -0.05) is 0 Å². The van der Waals surface area contributed by atoms with E-state index in [1.807, 2.05) is 18.7 Å². The van der Waals surface area contributed by atoms with Crippen molar-refractivity contribution in [3.05, 3.63) is 0 Å². The van der Waals surface area contributed by atoms with Gasteiger partial charge in [-0.2, -0.15) is 0 Å². The second-order valence-corrected chi connectivity index (χ2v) is 4.71. The van der Waals surface area contributed by atoms with Gasteiger partial charge < -0.3 is 10.2 Å². The van der Waals surface area contributed by atoms with Crippen LogP contribution >= 0.6 is 0 Å². The first-order chi connectivity index (χ1) is 6.15. The molecule has 1 aliphatic carbocycles. The quantitative estimate of drug-likeness (QED) is 0.654. The summed E-state index contributed by atoms with van der Waals surface area (Å²) in [5.41, 5.74) is 0. The Bertz CT molecular complexity index is 199. The fraction of sp³-hybridized carbons (Fsp3) is 0.900. The molecule has 3 aliphatic rings. The molecule has 13 heavy (non-hydrogen) atoms. The van der Waals surface area contributed by atoms with Gasteiger partial charge in [-0.3, -0.25) is 0 Å². The normalized spacial score (nSPS) is 31.5. The van der Waals surface area contributed by atoms with Crippen LogP contribution in [0.1, 0.15) is 26.7 Å². The van der Waals surface area contributed by atoms with Crippen molar-refractivity contribution in [3.63, 3.8) is 0 Å². The maximum absolute atomic E-state index is 11.6. The molecule has 3 heteroatoms. The lowest BCUT2D eigenvalue weighted by molar-refractivity contribution is 0.0483. The summed E-state index contributed by atoms with van der Waals surface area (Å²) in [6.07, 6.45) is 2.71. The number of carbonyl (C=O) groups is 1. The fourth-order valence-electron chi connectivity index (χ4n) is 2.37. The van der Waals surface area contributed by atoms with Crippen molar-refractivity contribution < 1.29 is 4.79 Å². The summed E-state index contributed by atoms with van der Waals surface area (Å²) in [4.78, 5) is 13.6.